The number of ketones is 1. The Labute approximate surface area is 194 Å². The van der Waals surface area contributed by atoms with Gasteiger partial charge in [-0.25, -0.2) is 13.1 Å². The fraction of sp³-hybridized carbons (Fsp3) is 0.500. The quantitative estimate of drug-likeness (QED) is 0.146. The van der Waals surface area contributed by atoms with E-state index >= 15 is 0 Å². The van der Waals surface area contributed by atoms with Crippen LogP contribution in [0.3, 0.4) is 0 Å². The number of nitro benzene ring substituents is 1. The second-order valence-electron chi connectivity index (χ2n) is 8.94. The Kier molecular flexibility index (Phi) is 9.02. The highest BCUT2D eigenvalue weighted by Crippen LogP contribution is 2.20. The van der Waals surface area contributed by atoms with Gasteiger partial charge < -0.3 is 9.84 Å². The van der Waals surface area contributed by atoms with E-state index in [1.165, 1.54) is 24.0 Å². The van der Waals surface area contributed by atoms with Gasteiger partial charge in [-0.1, -0.05) is 19.6 Å². The molecule has 1 N–H and O–H groups in total. The molecule has 0 fully saturated rings. The summed E-state index contributed by atoms with van der Waals surface area (Å²) in [5, 5.41) is 24.7. The average Bonchev–Trinajstić information content (AvgIpc) is 3.19. The summed E-state index contributed by atoms with van der Waals surface area (Å²) in [7, 11) is -5.40. The van der Waals surface area contributed by atoms with E-state index in [9.17, 15) is 28.4 Å². The molecule has 2 aromatic rings. The summed E-state index contributed by atoms with van der Waals surface area (Å²) in [5.74, 6) is -0.505. The minimum atomic E-state index is -4.18. The molecule has 0 saturated heterocycles. The number of aliphatic hydroxyl groups is 1. The van der Waals surface area contributed by atoms with Gasteiger partial charge in [0.25, 0.3) is 5.69 Å². The van der Waals surface area contributed by atoms with Crippen LogP contribution in [0.15, 0.2) is 41.6 Å². The zero-order chi connectivity index (χ0) is 24.8. The number of hydrogen-bond acceptors (Lipinski definition) is 8. The van der Waals surface area contributed by atoms with Crippen molar-refractivity contribution in [2.45, 2.75) is 50.3 Å². The summed E-state index contributed by atoms with van der Waals surface area (Å²) < 4.78 is 34.0. The highest BCUT2D eigenvalue weighted by Gasteiger charge is 2.29. The minimum Gasteiger partial charge on any atom is -0.392 e. The van der Waals surface area contributed by atoms with E-state index in [2.05, 4.69) is 24.7 Å². The second kappa shape index (κ2) is 11.1. The SMILES string of the molecule is CC(O)CN(CC(=O)c1cnn(COCC[Si](C)(C)C)c1)S(=O)(=O)c1ccc([N+](=O)[O-])cc1. The monoisotopic (exact) mass is 498 g/mol. The first kappa shape index (κ1) is 26.8. The number of benzene rings is 1. The molecule has 0 aliphatic carbocycles. The van der Waals surface area contributed by atoms with Crippen LogP contribution in [-0.2, 0) is 21.5 Å². The third-order valence-electron chi connectivity index (χ3n) is 4.65. The largest absolute Gasteiger partial charge is 0.392 e. The topological polar surface area (TPSA) is 145 Å². The zero-order valence-electron chi connectivity index (χ0n) is 19.2. The van der Waals surface area contributed by atoms with E-state index < -0.39 is 41.5 Å². The first-order valence-corrected chi connectivity index (χ1v) is 15.5. The second-order valence-corrected chi connectivity index (χ2v) is 16.5. The van der Waals surface area contributed by atoms with Gasteiger partial charge >= 0.3 is 0 Å². The number of aliphatic hydroxyl groups excluding tert-OH is 1. The summed E-state index contributed by atoms with van der Waals surface area (Å²) in [5.41, 5.74) is -0.0510. The van der Waals surface area contributed by atoms with Crippen LogP contribution < -0.4 is 0 Å². The van der Waals surface area contributed by atoms with Gasteiger partial charge in [0, 0.05) is 39.6 Å². The average molecular weight is 499 g/mol. The van der Waals surface area contributed by atoms with Crippen molar-refractivity contribution < 1.29 is 28.0 Å². The van der Waals surface area contributed by atoms with Crippen molar-refractivity contribution in [2.75, 3.05) is 19.7 Å². The lowest BCUT2D eigenvalue weighted by Gasteiger charge is -2.22. The van der Waals surface area contributed by atoms with E-state index in [-0.39, 0.29) is 29.4 Å². The third kappa shape index (κ3) is 8.12. The maximum atomic E-state index is 13.0. The standard InChI is InChI=1S/C20H30N4O7SSi/c1-16(25)12-23(32(29,30)19-7-5-18(6-8-19)24(27)28)14-20(26)17-11-21-22(13-17)15-31-9-10-33(2,3)4/h5-8,11,13,16,25H,9-10,12,14-15H2,1-4H3. The highest BCUT2D eigenvalue weighted by molar-refractivity contribution is 7.89. The predicted octanol–water partition coefficient (Wildman–Crippen LogP) is 2.36. The van der Waals surface area contributed by atoms with Gasteiger partial charge in [-0.2, -0.15) is 9.40 Å². The number of aromatic nitrogens is 2. The van der Waals surface area contributed by atoms with Crippen LogP contribution in [0.2, 0.25) is 25.7 Å². The summed E-state index contributed by atoms with van der Waals surface area (Å²) in [6.45, 7) is 8.05. The molecule has 0 amide bonds. The van der Waals surface area contributed by atoms with Crippen molar-refractivity contribution in [3.05, 3.63) is 52.3 Å². The molecule has 0 radical (unpaired) electrons. The van der Waals surface area contributed by atoms with Crippen LogP contribution in [0.4, 0.5) is 5.69 Å². The Balaban J connectivity index is 2.11. The Morgan fingerprint density at radius 3 is 2.48 bits per heavy atom. The van der Waals surface area contributed by atoms with Gasteiger partial charge in [-0.05, 0) is 25.1 Å². The number of carbonyl (C=O) groups is 1. The smallest absolute Gasteiger partial charge is 0.269 e. The molecule has 1 aromatic heterocycles. The molecular weight excluding hydrogens is 468 g/mol. The van der Waals surface area contributed by atoms with Crippen LogP contribution >= 0.6 is 0 Å². The third-order valence-corrected chi connectivity index (χ3v) is 8.18. The van der Waals surface area contributed by atoms with E-state index in [1.807, 2.05) is 0 Å². The summed E-state index contributed by atoms with van der Waals surface area (Å²) in [6, 6.07) is 5.34. The Morgan fingerprint density at radius 2 is 1.94 bits per heavy atom. The summed E-state index contributed by atoms with van der Waals surface area (Å²) in [6.07, 6.45) is 1.78. The van der Waals surface area contributed by atoms with Crippen molar-refractivity contribution in [2.24, 2.45) is 0 Å². The molecule has 0 bridgehead atoms. The van der Waals surface area contributed by atoms with Crippen LogP contribution in [0.25, 0.3) is 0 Å². The van der Waals surface area contributed by atoms with E-state index in [0.717, 1.165) is 34.6 Å². The van der Waals surface area contributed by atoms with Crippen LogP contribution in [0.5, 0.6) is 0 Å². The number of sulfonamides is 1. The van der Waals surface area contributed by atoms with Crippen molar-refractivity contribution in [3.63, 3.8) is 0 Å². The van der Waals surface area contributed by atoms with Gasteiger partial charge in [0.1, 0.15) is 6.73 Å². The molecule has 0 aliphatic heterocycles. The molecule has 33 heavy (non-hydrogen) atoms. The Hall–Kier alpha value is -2.45. The van der Waals surface area contributed by atoms with Crippen LogP contribution in [-0.4, -0.2) is 72.2 Å². The van der Waals surface area contributed by atoms with Gasteiger partial charge in [0.05, 0.1) is 34.2 Å². The molecule has 182 valence electrons. The lowest BCUT2D eigenvalue weighted by Crippen LogP contribution is -2.40. The van der Waals surface area contributed by atoms with Gasteiger partial charge in [0.2, 0.25) is 10.0 Å². The molecule has 2 rings (SSSR count). The number of Topliss-reactive ketones (excluding diaryl/α,β-unsaturated/α-hetero) is 1. The lowest BCUT2D eigenvalue weighted by atomic mass is 10.2. The molecule has 1 heterocycles. The summed E-state index contributed by atoms with van der Waals surface area (Å²) >= 11 is 0. The fourth-order valence-electron chi connectivity index (χ4n) is 2.80. The molecule has 1 aromatic carbocycles. The zero-order valence-corrected chi connectivity index (χ0v) is 21.0. The molecule has 0 saturated carbocycles. The number of nitro groups is 1. The van der Waals surface area contributed by atoms with Gasteiger partial charge in [-0.3, -0.25) is 14.9 Å². The molecule has 1 atom stereocenters. The van der Waals surface area contributed by atoms with Gasteiger partial charge in [0.15, 0.2) is 5.78 Å². The number of hydrogen-bond donors (Lipinski definition) is 1. The van der Waals surface area contributed by atoms with E-state index in [1.54, 1.807) is 0 Å². The van der Waals surface area contributed by atoms with Crippen molar-refractivity contribution in [3.8, 4) is 0 Å². The molecular formula is C20H30N4O7SSi. The van der Waals surface area contributed by atoms with Crippen molar-refractivity contribution in [1.29, 1.82) is 0 Å². The Bertz CT molecular complexity index is 1060. The Morgan fingerprint density at radius 1 is 1.30 bits per heavy atom. The molecule has 0 spiro atoms. The van der Waals surface area contributed by atoms with E-state index in [4.69, 9.17) is 4.74 Å². The fourth-order valence-corrected chi connectivity index (χ4v) is 5.03. The molecule has 11 nitrogen and oxygen atoms in total. The maximum absolute atomic E-state index is 13.0. The van der Waals surface area contributed by atoms with Gasteiger partial charge in [-0.15, -0.1) is 0 Å². The predicted molar refractivity (Wildman–Crippen MR) is 124 cm³/mol. The normalized spacial score (nSPS) is 13.3. The molecule has 1 unspecified atom stereocenters. The first-order valence-electron chi connectivity index (χ1n) is 10.4. The van der Waals surface area contributed by atoms with Crippen molar-refractivity contribution in [1.82, 2.24) is 14.1 Å². The highest BCUT2D eigenvalue weighted by atomic mass is 32.2. The minimum absolute atomic E-state index is 0.177. The summed E-state index contributed by atoms with van der Waals surface area (Å²) in [4.78, 5) is 22.7. The number of ether oxygens (including phenoxy) is 1. The van der Waals surface area contributed by atoms with Crippen LogP contribution in [0, 0.1) is 10.1 Å². The first-order chi connectivity index (χ1) is 15.3. The molecule has 0 aliphatic rings. The lowest BCUT2D eigenvalue weighted by molar-refractivity contribution is -0.384. The van der Waals surface area contributed by atoms with Crippen molar-refractivity contribution >= 4 is 29.6 Å². The number of rotatable bonds is 13. The number of nitrogens with zero attached hydrogens (tertiary/aromatic N) is 4. The maximum Gasteiger partial charge on any atom is 0.269 e. The van der Waals surface area contributed by atoms with E-state index in [0.29, 0.717) is 6.61 Å². The number of carbonyl (C=O) groups excluding carboxylic acids is 1. The van der Waals surface area contributed by atoms with Crippen LogP contribution in [0.1, 0.15) is 17.3 Å². The molecule has 13 heteroatoms. The number of non-ortho nitro benzene ring substituents is 1.